The van der Waals surface area contributed by atoms with E-state index in [0.717, 1.165) is 23.7 Å². The van der Waals surface area contributed by atoms with Gasteiger partial charge in [-0.1, -0.05) is 18.2 Å². The molecule has 30 heavy (non-hydrogen) atoms. The Kier molecular flexibility index (Phi) is 4.75. The van der Waals surface area contributed by atoms with E-state index in [-0.39, 0.29) is 17.4 Å². The van der Waals surface area contributed by atoms with Crippen LogP contribution in [0.25, 0.3) is 10.9 Å². The third kappa shape index (κ3) is 3.35. The van der Waals surface area contributed by atoms with Gasteiger partial charge in [-0.2, -0.15) is 0 Å². The molecule has 2 saturated heterocycles. The maximum atomic E-state index is 12.9. The second kappa shape index (κ2) is 7.57. The Hall–Kier alpha value is -3.19. The minimum absolute atomic E-state index is 0.0112. The number of carbonyl (C=O) groups excluding carboxylic acids is 2. The number of amides is 2. The minimum Gasteiger partial charge on any atom is -0.371 e. The van der Waals surface area contributed by atoms with Crippen molar-refractivity contribution in [1.82, 2.24) is 20.2 Å². The molecule has 2 fully saturated rings. The predicted molar refractivity (Wildman–Crippen MR) is 112 cm³/mol. The van der Waals surface area contributed by atoms with E-state index in [1.54, 1.807) is 24.5 Å². The Morgan fingerprint density at radius 1 is 1.20 bits per heavy atom. The smallest absolute Gasteiger partial charge is 0.270 e. The molecule has 2 aliphatic rings. The van der Waals surface area contributed by atoms with Crippen molar-refractivity contribution in [3.63, 3.8) is 0 Å². The number of fused-ring (bicyclic) bond motifs is 1. The molecule has 2 amide bonds. The van der Waals surface area contributed by atoms with Crippen LogP contribution in [-0.2, 0) is 4.74 Å². The monoisotopic (exact) mass is 404 g/mol. The number of pyridine rings is 1. The highest BCUT2D eigenvalue weighted by molar-refractivity contribution is 5.98. The number of hydrogen-bond donors (Lipinski definition) is 2. The molecule has 7 heteroatoms. The highest BCUT2D eigenvalue weighted by Crippen LogP contribution is 2.42. The van der Waals surface area contributed by atoms with Gasteiger partial charge in [0.15, 0.2) is 0 Å². The average molecular weight is 404 g/mol. The molecule has 2 aromatic heterocycles. The summed E-state index contributed by atoms with van der Waals surface area (Å²) in [5, 5.41) is 4.02. The molecular weight excluding hydrogens is 380 g/mol. The van der Waals surface area contributed by atoms with Crippen LogP contribution in [0, 0.1) is 5.92 Å². The second-order valence-corrected chi connectivity index (χ2v) is 8.11. The molecule has 2 N–H and O–H groups in total. The van der Waals surface area contributed by atoms with Gasteiger partial charge in [0.25, 0.3) is 11.8 Å². The first-order valence-electron chi connectivity index (χ1n) is 10.3. The number of aromatic nitrogens is 2. The average Bonchev–Trinajstić information content (AvgIpc) is 3.37. The Balaban J connectivity index is 1.17. The van der Waals surface area contributed by atoms with Crippen LogP contribution in [0.2, 0.25) is 0 Å². The number of ether oxygens (including phenoxy) is 1. The van der Waals surface area contributed by atoms with E-state index in [2.05, 4.69) is 15.3 Å². The molecule has 1 aromatic carbocycles. The quantitative estimate of drug-likeness (QED) is 0.684. The van der Waals surface area contributed by atoms with Gasteiger partial charge in [0, 0.05) is 42.0 Å². The molecule has 154 valence electrons. The van der Waals surface area contributed by atoms with Crippen LogP contribution in [0.4, 0.5) is 0 Å². The zero-order chi connectivity index (χ0) is 20.6. The Morgan fingerprint density at radius 2 is 2.00 bits per heavy atom. The molecule has 7 nitrogen and oxygen atoms in total. The van der Waals surface area contributed by atoms with Crippen molar-refractivity contribution >= 4 is 22.7 Å². The van der Waals surface area contributed by atoms with Crippen LogP contribution in [0.3, 0.4) is 0 Å². The minimum atomic E-state index is -0.275. The second-order valence-electron chi connectivity index (χ2n) is 8.11. The molecule has 0 radical (unpaired) electrons. The first-order chi connectivity index (χ1) is 14.6. The van der Waals surface area contributed by atoms with Crippen LogP contribution in [0.1, 0.15) is 33.7 Å². The molecular formula is C23H24N4O3. The molecule has 1 atom stereocenters. The van der Waals surface area contributed by atoms with Crippen LogP contribution < -0.4 is 5.32 Å². The number of likely N-dealkylation sites (tertiary alicyclic amines) is 1. The summed E-state index contributed by atoms with van der Waals surface area (Å²) in [6.07, 6.45) is 5.02. The van der Waals surface area contributed by atoms with E-state index < -0.39 is 0 Å². The van der Waals surface area contributed by atoms with Crippen LogP contribution in [0.5, 0.6) is 0 Å². The van der Waals surface area contributed by atoms with Gasteiger partial charge in [-0.15, -0.1) is 0 Å². The van der Waals surface area contributed by atoms with Crippen molar-refractivity contribution in [3.8, 4) is 0 Å². The van der Waals surface area contributed by atoms with Crippen molar-refractivity contribution < 1.29 is 14.3 Å². The number of H-pyrrole nitrogens is 1. The van der Waals surface area contributed by atoms with E-state index in [4.69, 9.17) is 4.74 Å². The summed E-state index contributed by atoms with van der Waals surface area (Å²) < 4.78 is 6.08. The van der Waals surface area contributed by atoms with Crippen LogP contribution >= 0.6 is 0 Å². The fraction of sp³-hybridized carbons (Fsp3) is 0.348. The van der Waals surface area contributed by atoms with E-state index >= 15 is 0 Å². The van der Waals surface area contributed by atoms with Gasteiger partial charge in [-0.3, -0.25) is 14.6 Å². The van der Waals surface area contributed by atoms with Gasteiger partial charge < -0.3 is 19.9 Å². The van der Waals surface area contributed by atoms with E-state index in [0.29, 0.717) is 43.4 Å². The number of nitrogens with one attached hydrogen (secondary N) is 2. The molecule has 2 aliphatic heterocycles. The first kappa shape index (κ1) is 18.8. The van der Waals surface area contributed by atoms with Crippen LogP contribution in [0.15, 0.2) is 54.9 Å². The summed E-state index contributed by atoms with van der Waals surface area (Å²) in [7, 11) is 0. The maximum Gasteiger partial charge on any atom is 0.270 e. The van der Waals surface area contributed by atoms with Gasteiger partial charge >= 0.3 is 0 Å². The van der Waals surface area contributed by atoms with Gasteiger partial charge in [0.05, 0.1) is 13.1 Å². The Labute approximate surface area is 174 Å². The zero-order valence-corrected chi connectivity index (χ0v) is 16.6. The molecule has 1 unspecified atom stereocenters. The SMILES string of the molecule is O=C(NCCC1CCOC12CN(C(=O)c1cc3ccccc3[nH]1)C2)c1ccncc1. The van der Waals surface area contributed by atoms with E-state index in [9.17, 15) is 9.59 Å². The molecule has 1 spiro atoms. The van der Waals surface area contributed by atoms with Gasteiger partial charge in [0.2, 0.25) is 0 Å². The molecule has 0 bridgehead atoms. The number of carbonyl (C=O) groups is 2. The third-order valence-corrected chi connectivity index (χ3v) is 6.29. The van der Waals surface area contributed by atoms with E-state index in [1.165, 1.54) is 0 Å². The highest BCUT2D eigenvalue weighted by atomic mass is 16.5. The highest BCUT2D eigenvalue weighted by Gasteiger charge is 2.54. The first-order valence-corrected chi connectivity index (χ1v) is 10.3. The fourth-order valence-electron chi connectivity index (χ4n) is 4.61. The lowest BCUT2D eigenvalue weighted by atomic mass is 9.78. The Morgan fingerprint density at radius 3 is 2.80 bits per heavy atom. The number of para-hydroxylation sites is 1. The summed E-state index contributed by atoms with van der Waals surface area (Å²) in [6.45, 7) is 2.50. The largest absolute Gasteiger partial charge is 0.371 e. The van der Waals surface area contributed by atoms with Crippen molar-refractivity contribution in [2.45, 2.75) is 18.4 Å². The standard InChI is InChI=1S/C23H24N4O3/c28-21(16-5-9-24-10-6-16)25-11-7-18-8-12-30-23(18)14-27(15-23)22(29)20-13-17-3-1-2-4-19(17)26-20/h1-6,9-10,13,18,26H,7-8,11-12,14-15H2,(H,25,28). The molecule has 0 aliphatic carbocycles. The van der Waals surface area contributed by atoms with Crippen molar-refractivity contribution in [2.75, 3.05) is 26.2 Å². The molecule has 4 heterocycles. The maximum absolute atomic E-state index is 12.9. The number of rotatable bonds is 5. The topological polar surface area (TPSA) is 87.3 Å². The van der Waals surface area contributed by atoms with Crippen molar-refractivity contribution in [1.29, 1.82) is 0 Å². The fourth-order valence-corrected chi connectivity index (χ4v) is 4.61. The summed E-state index contributed by atoms with van der Waals surface area (Å²) >= 11 is 0. The van der Waals surface area contributed by atoms with Crippen molar-refractivity contribution in [3.05, 3.63) is 66.1 Å². The summed E-state index contributed by atoms with van der Waals surface area (Å²) in [5.41, 5.74) is 1.92. The normalized spacial score (nSPS) is 19.7. The van der Waals surface area contributed by atoms with Gasteiger partial charge in [-0.25, -0.2) is 0 Å². The lowest BCUT2D eigenvalue weighted by Gasteiger charge is -2.50. The lowest BCUT2D eigenvalue weighted by molar-refractivity contribution is -0.118. The van der Waals surface area contributed by atoms with Gasteiger partial charge in [-0.05, 0) is 43.0 Å². The summed E-state index contributed by atoms with van der Waals surface area (Å²) in [5.74, 6) is 0.258. The molecule has 5 rings (SSSR count). The molecule has 3 aromatic rings. The Bertz CT molecular complexity index is 1040. The zero-order valence-electron chi connectivity index (χ0n) is 16.6. The number of benzene rings is 1. The number of nitrogens with zero attached hydrogens (tertiary/aromatic N) is 2. The predicted octanol–water partition coefficient (Wildman–Crippen LogP) is 2.61. The number of aromatic amines is 1. The summed E-state index contributed by atoms with van der Waals surface area (Å²) in [4.78, 5) is 34.1. The van der Waals surface area contributed by atoms with Gasteiger partial charge in [0.1, 0.15) is 11.3 Å². The lowest BCUT2D eigenvalue weighted by Crippen LogP contribution is -2.66. The molecule has 0 saturated carbocycles. The third-order valence-electron chi connectivity index (χ3n) is 6.29. The van der Waals surface area contributed by atoms with E-state index in [1.807, 2.05) is 35.2 Å². The van der Waals surface area contributed by atoms with Crippen LogP contribution in [-0.4, -0.2) is 58.5 Å². The van der Waals surface area contributed by atoms with Crippen molar-refractivity contribution in [2.24, 2.45) is 5.92 Å². The summed E-state index contributed by atoms with van der Waals surface area (Å²) in [6, 6.07) is 13.2. The number of hydrogen-bond acceptors (Lipinski definition) is 4.